The molecule has 0 aromatic rings. The molecule has 0 amide bonds. The van der Waals surface area contributed by atoms with E-state index >= 15 is 0 Å². The van der Waals surface area contributed by atoms with Gasteiger partial charge in [-0.3, -0.25) is 0 Å². The van der Waals surface area contributed by atoms with Crippen LogP contribution in [-0.2, 0) is 14.2 Å². The molecule has 0 bridgehead atoms. The predicted octanol–water partition coefficient (Wildman–Crippen LogP) is 1.71. The van der Waals surface area contributed by atoms with Crippen molar-refractivity contribution in [3.8, 4) is 0 Å². The van der Waals surface area contributed by atoms with E-state index in [0.29, 0.717) is 6.10 Å². The van der Waals surface area contributed by atoms with E-state index in [9.17, 15) is 0 Å². The topological polar surface area (TPSA) is 31.0 Å². The van der Waals surface area contributed by atoms with Gasteiger partial charge in [0.05, 0.1) is 19.3 Å². The van der Waals surface area contributed by atoms with E-state index in [-0.39, 0.29) is 12.4 Å². The molecule has 2 unspecified atom stereocenters. The van der Waals surface area contributed by atoms with Gasteiger partial charge in [-0.05, 0) is 6.42 Å². The number of hydrogen-bond donors (Lipinski definition) is 0. The number of epoxide rings is 1. The van der Waals surface area contributed by atoms with Crippen molar-refractivity contribution in [1.29, 1.82) is 0 Å². The van der Waals surface area contributed by atoms with Gasteiger partial charge in [0.1, 0.15) is 6.10 Å². The van der Waals surface area contributed by atoms with Crippen LogP contribution in [0.4, 0.5) is 0 Å². The molecule has 0 aromatic carbocycles. The summed E-state index contributed by atoms with van der Waals surface area (Å²) in [5.41, 5.74) is 0. The maximum Gasteiger partial charge on any atom is 0.186 e. The van der Waals surface area contributed by atoms with E-state index in [0.717, 1.165) is 13.2 Å². The summed E-state index contributed by atoms with van der Waals surface area (Å²) in [6, 6.07) is 0. The van der Waals surface area contributed by atoms with E-state index in [1.54, 1.807) is 0 Å². The second-order valence-electron chi connectivity index (χ2n) is 3.74. The molecule has 0 aliphatic carbocycles. The lowest BCUT2D eigenvalue weighted by molar-refractivity contribution is -0.0590. The van der Waals surface area contributed by atoms with Crippen LogP contribution in [0.2, 0.25) is 0 Å². The van der Waals surface area contributed by atoms with Crippen LogP contribution < -0.4 is 0 Å². The molecule has 2 fully saturated rings. The molecule has 2 atom stereocenters. The van der Waals surface area contributed by atoms with Crippen LogP contribution in [0.25, 0.3) is 0 Å². The molecular weight excluding hydrogens is 168 g/mol. The van der Waals surface area contributed by atoms with Crippen molar-refractivity contribution in [2.45, 2.75) is 51.1 Å². The minimum atomic E-state index is -0.0633. The summed E-state index contributed by atoms with van der Waals surface area (Å²) in [6.07, 6.45) is 5.60. The largest absolute Gasteiger partial charge is 0.364 e. The van der Waals surface area contributed by atoms with E-state index in [1.165, 1.54) is 25.7 Å². The lowest BCUT2D eigenvalue weighted by Gasteiger charge is -2.03. The zero-order valence-electron chi connectivity index (χ0n) is 8.20. The Hall–Kier alpha value is -0.120. The summed E-state index contributed by atoms with van der Waals surface area (Å²) in [6.45, 7) is 3.67. The normalized spacial score (nSPS) is 33.9. The number of rotatable bonds is 5. The molecule has 2 heterocycles. The lowest BCUT2D eigenvalue weighted by Crippen LogP contribution is -2.17. The van der Waals surface area contributed by atoms with E-state index < -0.39 is 0 Å². The molecule has 0 saturated carbocycles. The van der Waals surface area contributed by atoms with Crippen LogP contribution in [0, 0.1) is 0 Å². The molecule has 3 heteroatoms. The molecule has 3 nitrogen and oxygen atoms in total. The van der Waals surface area contributed by atoms with Crippen molar-refractivity contribution in [3.05, 3.63) is 0 Å². The number of ether oxygens (including phenoxy) is 3. The highest BCUT2D eigenvalue weighted by atomic mass is 16.8. The van der Waals surface area contributed by atoms with Gasteiger partial charge in [0.2, 0.25) is 0 Å². The first-order valence-electron chi connectivity index (χ1n) is 5.30. The van der Waals surface area contributed by atoms with Crippen molar-refractivity contribution >= 4 is 0 Å². The summed E-state index contributed by atoms with van der Waals surface area (Å²) in [5, 5.41) is 0. The third-order valence-corrected chi connectivity index (χ3v) is 2.63. The zero-order chi connectivity index (χ0) is 9.10. The second-order valence-corrected chi connectivity index (χ2v) is 3.74. The minimum Gasteiger partial charge on any atom is -0.364 e. The van der Waals surface area contributed by atoms with Crippen molar-refractivity contribution in [3.63, 3.8) is 0 Å². The van der Waals surface area contributed by atoms with Gasteiger partial charge < -0.3 is 14.2 Å². The molecule has 2 rings (SSSR count). The third kappa shape index (κ3) is 2.42. The van der Waals surface area contributed by atoms with Crippen molar-refractivity contribution in [2.24, 2.45) is 0 Å². The summed E-state index contributed by atoms with van der Waals surface area (Å²) >= 11 is 0. The molecule has 76 valence electrons. The number of unbranched alkanes of at least 4 members (excludes halogenated alkanes) is 2. The molecule has 0 radical (unpaired) electrons. The molecule has 0 spiro atoms. The molecule has 2 aliphatic heterocycles. The Morgan fingerprint density at radius 3 is 2.62 bits per heavy atom. The SMILES string of the molecule is CCCCCC1OC1C1OCCO1. The highest BCUT2D eigenvalue weighted by molar-refractivity contribution is 4.88. The molecular formula is C10H18O3. The van der Waals surface area contributed by atoms with Crippen molar-refractivity contribution in [1.82, 2.24) is 0 Å². The Morgan fingerprint density at radius 1 is 1.15 bits per heavy atom. The molecule has 0 N–H and O–H groups in total. The van der Waals surface area contributed by atoms with Gasteiger partial charge in [-0.2, -0.15) is 0 Å². The second kappa shape index (κ2) is 4.40. The smallest absolute Gasteiger partial charge is 0.186 e. The van der Waals surface area contributed by atoms with Gasteiger partial charge >= 0.3 is 0 Å². The molecule has 2 aliphatic rings. The van der Waals surface area contributed by atoms with E-state index in [4.69, 9.17) is 14.2 Å². The van der Waals surface area contributed by atoms with Gasteiger partial charge in [0, 0.05) is 0 Å². The van der Waals surface area contributed by atoms with Crippen molar-refractivity contribution < 1.29 is 14.2 Å². The zero-order valence-corrected chi connectivity index (χ0v) is 8.20. The Balaban J connectivity index is 1.59. The van der Waals surface area contributed by atoms with Crippen LogP contribution in [0.1, 0.15) is 32.6 Å². The fourth-order valence-corrected chi connectivity index (χ4v) is 1.79. The standard InChI is InChI=1S/C10H18O3/c1-2-3-4-5-8-9(13-8)10-11-6-7-12-10/h8-10H,2-7H2,1H3. The van der Waals surface area contributed by atoms with Crippen molar-refractivity contribution in [2.75, 3.05) is 13.2 Å². The Kier molecular flexibility index (Phi) is 3.19. The Bertz CT molecular complexity index is 154. The van der Waals surface area contributed by atoms with Crippen LogP contribution >= 0.6 is 0 Å². The fourth-order valence-electron chi connectivity index (χ4n) is 1.79. The average Bonchev–Trinajstić information content (AvgIpc) is 2.72. The van der Waals surface area contributed by atoms with Gasteiger partial charge in [0.15, 0.2) is 6.29 Å². The van der Waals surface area contributed by atoms with Gasteiger partial charge in [-0.1, -0.05) is 26.2 Å². The van der Waals surface area contributed by atoms with Crippen LogP contribution in [0.15, 0.2) is 0 Å². The average molecular weight is 186 g/mol. The van der Waals surface area contributed by atoms with E-state index in [2.05, 4.69) is 6.92 Å². The molecule has 13 heavy (non-hydrogen) atoms. The Labute approximate surface area is 79.4 Å². The first-order valence-corrected chi connectivity index (χ1v) is 5.30. The highest BCUT2D eigenvalue weighted by Gasteiger charge is 2.47. The highest BCUT2D eigenvalue weighted by Crippen LogP contribution is 2.33. The molecule has 2 saturated heterocycles. The molecule has 0 aromatic heterocycles. The first-order chi connectivity index (χ1) is 6.42. The maximum absolute atomic E-state index is 5.50. The van der Waals surface area contributed by atoms with Gasteiger partial charge in [0.25, 0.3) is 0 Å². The summed E-state index contributed by atoms with van der Waals surface area (Å²) < 4.78 is 16.2. The van der Waals surface area contributed by atoms with Crippen LogP contribution in [-0.4, -0.2) is 31.7 Å². The minimum absolute atomic E-state index is 0.0633. The van der Waals surface area contributed by atoms with Crippen LogP contribution in [0.3, 0.4) is 0 Å². The maximum atomic E-state index is 5.50. The summed E-state index contributed by atoms with van der Waals surface area (Å²) in [5.74, 6) is 0. The first kappa shape index (κ1) is 9.44. The number of hydrogen-bond acceptors (Lipinski definition) is 3. The van der Waals surface area contributed by atoms with E-state index in [1.807, 2.05) is 0 Å². The predicted molar refractivity (Wildman–Crippen MR) is 48.5 cm³/mol. The summed E-state index contributed by atoms with van der Waals surface area (Å²) in [4.78, 5) is 0. The lowest BCUT2D eigenvalue weighted by atomic mass is 10.1. The van der Waals surface area contributed by atoms with Crippen LogP contribution in [0.5, 0.6) is 0 Å². The van der Waals surface area contributed by atoms with Gasteiger partial charge in [-0.15, -0.1) is 0 Å². The third-order valence-electron chi connectivity index (χ3n) is 2.63. The fraction of sp³-hybridized carbons (Fsp3) is 1.00. The monoisotopic (exact) mass is 186 g/mol. The quantitative estimate of drug-likeness (QED) is 0.483. The van der Waals surface area contributed by atoms with Gasteiger partial charge in [-0.25, -0.2) is 0 Å². The summed E-state index contributed by atoms with van der Waals surface area (Å²) in [7, 11) is 0. The Morgan fingerprint density at radius 2 is 1.92 bits per heavy atom.